The number of phenolic OH excluding ortho intramolecular Hbond substituents is 1. The molecule has 22 heteroatoms. The topological polar surface area (TPSA) is 294 Å². The van der Waals surface area contributed by atoms with Gasteiger partial charge in [0, 0.05) is 46.7 Å². The van der Waals surface area contributed by atoms with Gasteiger partial charge >= 0.3 is 0 Å². The Hall–Kier alpha value is -8.05. The van der Waals surface area contributed by atoms with Gasteiger partial charge in [-0.1, -0.05) is 87.4 Å². The third-order valence-corrected chi connectivity index (χ3v) is 16.4. The Morgan fingerprint density at radius 3 is 1.45 bits per heavy atom. The lowest BCUT2D eigenvalue weighted by molar-refractivity contribution is -0.163. The Kier molecular flexibility index (Phi) is 22.5. The number of aromatic hydroxyl groups is 1. The number of aliphatic hydroxyl groups excluding tert-OH is 1. The monoisotopic (exact) mass is 1210 g/mol. The van der Waals surface area contributed by atoms with Crippen LogP contribution in [0.25, 0.3) is 10.4 Å². The van der Waals surface area contributed by atoms with Gasteiger partial charge in [-0.2, -0.15) is 0 Å². The van der Waals surface area contributed by atoms with E-state index in [1.165, 1.54) is 17.0 Å². The number of rotatable bonds is 19. The molecule has 0 aromatic heterocycles. The molecule has 472 valence electrons. The van der Waals surface area contributed by atoms with Crippen LogP contribution in [0, 0.1) is 27.1 Å². The van der Waals surface area contributed by atoms with E-state index in [2.05, 4.69) is 34.5 Å². The number of amides is 1. The van der Waals surface area contributed by atoms with E-state index in [0.717, 1.165) is 59.0 Å². The van der Waals surface area contributed by atoms with Crippen LogP contribution in [0.3, 0.4) is 0 Å². The summed E-state index contributed by atoms with van der Waals surface area (Å²) in [5.74, 6) is 2.37. The molecule has 0 bridgehead atoms. The molecule has 0 spiro atoms. The number of benzene rings is 5. The Balaban J connectivity index is 0.000000172. The van der Waals surface area contributed by atoms with Crippen molar-refractivity contribution in [2.75, 3.05) is 119 Å². The van der Waals surface area contributed by atoms with E-state index in [1.807, 2.05) is 118 Å². The summed E-state index contributed by atoms with van der Waals surface area (Å²) in [4.78, 5) is 51.7. The number of ether oxygens (including phenoxy) is 9. The molecule has 1 amide bonds. The maximum absolute atomic E-state index is 12.5. The van der Waals surface area contributed by atoms with E-state index in [4.69, 9.17) is 53.9 Å². The van der Waals surface area contributed by atoms with Gasteiger partial charge in [0.25, 0.3) is 16.8 Å². The fraction of sp³-hybridized carbons (Fsp3) is 0.455. The van der Waals surface area contributed by atoms with Crippen molar-refractivity contribution in [1.82, 2.24) is 4.90 Å². The average Bonchev–Trinajstić information content (AvgIpc) is 1.99. The first kappa shape index (κ1) is 67.5. The van der Waals surface area contributed by atoms with Gasteiger partial charge in [0.15, 0.2) is 5.75 Å². The molecule has 4 atom stereocenters. The van der Waals surface area contributed by atoms with Gasteiger partial charge in [-0.15, -0.1) is 0 Å². The largest absolute Gasteiger partial charge is 0.505 e. The molecule has 0 saturated carbocycles. The summed E-state index contributed by atoms with van der Waals surface area (Å²) in [6.45, 7) is 16.3. The van der Waals surface area contributed by atoms with Crippen LogP contribution >= 0.6 is 0 Å². The minimum Gasteiger partial charge on any atom is -0.505 e. The molecular weight excluding hydrogens is 1130 g/mol. The number of carbonyl (C=O) groups excluding carboxylic acids is 2. The van der Waals surface area contributed by atoms with Crippen LogP contribution in [0.1, 0.15) is 91.5 Å². The van der Waals surface area contributed by atoms with E-state index in [0.29, 0.717) is 58.6 Å². The zero-order valence-corrected chi connectivity index (χ0v) is 52.0. The zero-order chi connectivity index (χ0) is 64.0. The van der Waals surface area contributed by atoms with Crippen LogP contribution in [0.15, 0.2) is 130 Å². The number of anilines is 3. The van der Waals surface area contributed by atoms with Crippen LogP contribution in [0.5, 0.6) is 28.7 Å². The van der Waals surface area contributed by atoms with Crippen LogP contribution < -0.4 is 46.2 Å². The van der Waals surface area contributed by atoms with E-state index in [9.17, 15) is 29.4 Å². The number of nitrogens with two attached hydrogens (primary N) is 1. The number of azide groups is 1. The number of aliphatic hydroxyl groups is 1. The van der Waals surface area contributed by atoms with E-state index in [-0.39, 0.29) is 79.5 Å². The third kappa shape index (κ3) is 15.6. The van der Waals surface area contributed by atoms with Crippen molar-refractivity contribution in [1.29, 1.82) is 0 Å². The van der Waals surface area contributed by atoms with Crippen LogP contribution in [-0.2, 0) is 28.5 Å². The molecule has 6 N–H and O–H groups in total. The second-order valence-corrected chi connectivity index (χ2v) is 24.5. The highest BCUT2D eigenvalue weighted by Gasteiger charge is 2.45. The highest BCUT2D eigenvalue weighted by molar-refractivity contribution is 5.99. The first-order valence-electron chi connectivity index (χ1n) is 28.7. The number of aldehydes is 1. The number of nitrogens with zero attached hydrogens (tertiary/aromatic N) is 4. The van der Waals surface area contributed by atoms with E-state index < -0.39 is 17.0 Å². The third-order valence-electron chi connectivity index (χ3n) is 16.4. The molecule has 11 rings (SSSR count). The average molecular weight is 1210 g/mol. The quantitative estimate of drug-likeness (QED) is 0.0126. The molecule has 5 aliphatic heterocycles. The molecule has 5 saturated heterocycles. The number of carbonyl (C=O) groups is 2. The van der Waals surface area contributed by atoms with Crippen molar-refractivity contribution >= 4 is 29.3 Å². The van der Waals surface area contributed by atoms with Gasteiger partial charge < -0.3 is 78.9 Å². The van der Waals surface area contributed by atoms with Gasteiger partial charge in [-0.3, -0.25) is 14.4 Å². The van der Waals surface area contributed by atoms with Gasteiger partial charge in [-0.25, -0.2) is 0 Å². The van der Waals surface area contributed by atoms with E-state index in [1.54, 1.807) is 48.6 Å². The van der Waals surface area contributed by atoms with Crippen LogP contribution in [0.2, 0.25) is 0 Å². The Morgan fingerprint density at radius 1 is 0.614 bits per heavy atom. The zero-order valence-electron chi connectivity index (χ0n) is 52.0. The maximum atomic E-state index is 12.5. The summed E-state index contributed by atoms with van der Waals surface area (Å²) >= 11 is 0. The molecule has 0 aliphatic carbocycles. The van der Waals surface area contributed by atoms with Gasteiger partial charge in [0.1, 0.15) is 40.7 Å². The second-order valence-electron chi connectivity index (χ2n) is 24.5. The molecule has 6 aromatic rings. The maximum Gasteiger partial charge on any atom is 0.257 e. The minimum absolute atomic E-state index is 0.0151. The van der Waals surface area contributed by atoms with Crippen molar-refractivity contribution < 1.29 is 62.4 Å². The predicted molar refractivity (Wildman–Crippen MR) is 334 cm³/mol. The molecule has 0 radical (unpaired) electrons. The molecule has 88 heavy (non-hydrogen) atoms. The van der Waals surface area contributed by atoms with Gasteiger partial charge in [0.2, 0.25) is 0 Å². The number of hydrogen-bond acceptors (Lipinski definition) is 19. The number of para-hydroxylation sites is 1. The van der Waals surface area contributed by atoms with Crippen molar-refractivity contribution in [2.24, 2.45) is 37.9 Å². The number of methoxy groups -OCH3 is 4. The Labute approximate surface area is 513 Å². The standard InChI is InChI=1S/C25H27N3O6.C12H15N3O2.C12H17NO2.C12H16O3.C5H8O2/c1-25(12-34-13-25)23(14-7-5-8-15(11-14)33-4)27-19-18(21(30)22(19)31)26-17-10-6-9-16(20(17)29)24(32)28(2)3;1-12(7-17-8-12)11(14-15-13)9-4-3-5-10(6-9)16-2;2*1-12(7-15-8-12)11(13)9-4-3-5-10(6-9)14-2;1-5(2-6)3-7-4-5/h5-11,23,26-27,29H,12-13H2,1-4H3;3-6,11H,7-8H2,1-2H3;3-6,11H,7-8,13H2,1-2H3;3-6,11,13H,7-8H2,1-2H3;2H,3-4H2,1H3. The fourth-order valence-electron chi connectivity index (χ4n) is 10.2. The minimum atomic E-state index is -0.703. The first-order valence-corrected chi connectivity index (χ1v) is 28.7. The lowest BCUT2D eigenvalue weighted by Gasteiger charge is -2.45. The molecule has 5 fully saturated rings. The number of phenols is 1. The van der Waals surface area contributed by atoms with Crippen LogP contribution in [0.4, 0.5) is 17.1 Å². The van der Waals surface area contributed by atoms with Crippen LogP contribution in [-0.4, -0.2) is 136 Å². The predicted octanol–water partition coefficient (Wildman–Crippen LogP) is 9.43. The highest BCUT2D eigenvalue weighted by Crippen LogP contribution is 2.46. The first-order chi connectivity index (χ1) is 41.9. The molecule has 6 aromatic carbocycles. The summed E-state index contributed by atoms with van der Waals surface area (Å²) in [6, 6.07) is 34.7. The van der Waals surface area contributed by atoms with Crippen molar-refractivity contribution in [3.63, 3.8) is 0 Å². The SMILES string of the molecule is CC1(C=O)COC1.COc1cccc(C(N)C2(C)COC2)c1.COc1cccc(C(N=[N+]=[N-])C2(C)COC2)c1.COc1cccc(C(Nc2c(Nc3cccc(C(=O)N(C)C)c3O)c(=O)c2=O)C2(C)COC2)c1.COc1cccc(C(O)C2(C)COC2)c1. The molecule has 22 nitrogen and oxygen atoms in total. The molecule has 4 unspecified atom stereocenters. The van der Waals surface area contributed by atoms with Gasteiger partial charge in [-0.05, 0) is 95.4 Å². The van der Waals surface area contributed by atoms with Crippen molar-refractivity contribution in [3.8, 4) is 28.7 Å². The second kappa shape index (κ2) is 29.3. The summed E-state index contributed by atoms with van der Waals surface area (Å²) in [5.41, 5.74) is 17.2. The fourth-order valence-corrected chi connectivity index (χ4v) is 10.2. The summed E-state index contributed by atoms with van der Waals surface area (Å²) in [6.07, 6.45) is 0.470. The van der Waals surface area contributed by atoms with Crippen molar-refractivity contribution in [2.45, 2.75) is 58.8 Å². The number of nitrogens with one attached hydrogen (secondary N) is 2. The molecule has 5 aliphatic rings. The smallest absolute Gasteiger partial charge is 0.257 e. The highest BCUT2D eigenvalue weighted by atomic mass is 16.5. The number of hydrogen-bond donors (Lipinski definition) is 5. The normalized spacial score (nSPS) is 18.6. The Morgan fingerprint density at radius 2 is 1.03 bits per heavy atom. The van der Waals surface area contributed by atoms with Gasteiger partial charge in [0.05, 0.1) is 129 Å². The van der Waals surface area contributed by atoms with E-state index >= 15 is 0 Å². The van der Waals surface area contributed by atoms with Crippen molar-refractivity contribution in [3.05, 3.63) is 174 Å². The summed E-state index contributed by atoms with van der Waals surface area (Å²) in [5, 5.41) is 30.8. The lowest BCUT2D eigenvalue weighted by Crippen LogP contribution is -2.49. The lowest BCUT2D eigenvalue weighted by atomic mass is 9.76. The molecule has 5 heterocycles. The molecular formula is C66H83N7O15. The Bertz CT molecular complexity index is 3380. The summed E-state index contributed by atoms with van der Waals surface area (Å²) in [7, 11) is 9.64. The summed E-state index contributed by atoms with van der Waals surface area (Å²) < 4.78 is 46.7.